The molecule has 0 bridgehead atoms. The van der Waals surface area contributed by atoms with Crippen molar-refractivity contribution < 1.29 is 49.3 Å². The molecule has 3 aromatic rings. The van der Waals surface area contributed by atoms with Crippen molar-refractivity contribution in [2.45, 2.75) is 38.3 Å². The second-order valence-electron chi connectivity index (χ2n) is 9.20. The maximum absolute atomic E-state index is 14.9. The molecule has 1 heterocycles. The van der Waals surface area contributed by atoms with Crippen molar-refractivity contribution in [3.63, 3.8) is 0 Å². The van der Waals surface area contributed by atoms with Crippen molar-refractivity contribution in [2.75, 3.05) is 13.2 Å². The standard InChI is InChI=1S/C30H24F8O3/c1-2-3-4-5-23(31)27(35)18-8-6-17(7-9-18)21-15-39-29(40-16-21)19-10-11-22(24(32)12-19)20-13-25(33)28(26(34)14-20)41-30(36,37)38/h2-3,6-14,21,29H,4-5,15-16H2,1H3/b3-2+,27-23+. The molecule has 1 aliphatic rings. The molecule has 0 aliphatic carbocycles. The van der Waals surface area contributed by atoms with Gasteiger partial charge in [0.05, 0.1) is 13.2 Å². The maximum Gasteiger partial charge on any atom is 0.573 e. The van der Waals surface area contributed by atoms with E-state index in [-0.39, 0.29) is 47.8 Å². The van der Waals surface area contributed by atoms with Crippen LogP contribution in [-0.2, 0) is 9.47 Å². The summed E-state index contributed by atoms with van der Waals surface area (Å²) in [6.07, 6.45) is -2.41. The molecule has 3 aromatic carbocycles. The Hall–Kier alpha value is -3.70. The highest BCUT2D eigenvalue weighted by Crippen LogP contribution is 2.36. The van der Waals surface area contributed by atoms with E-state index in [2.05, 4.69) is 4.74 Å². The Balaban J connectivity index is 1.41. The third-order valence-corrected chi connectivity index (χ3v) is 6.33. The van der Waals surface area contributed by atoms with Gasteiger partial charge in [0.1, 0.15) is 11.6 Å². The topological polar surface area (TPSA) is 27.7 Å². The second kappa shape index (κ2) is 12.9. The molecule has 0 amide bonds. The van der Waals surface area contributed by atoms with E-state index in [1.165, 1.54) is 24.3 Å². The van der Waals surface area contributed by atoms with Crippen LogP contribution in [0.4, 0.5) is 35.1 Å². The molecule has 0 aromatic heterocycles. The largest absolute Gasteiger partial charge is 0.573 e. The van der Waals surface area contributed by atoms with Crippen LogP contribution in [0.5, 0.6) is 5.75 Å². The van der Waals surface area contributed by atoms with Crippen LogP contribution in [0.25, 0.3) is 17.0 Å². The van der Waals surface area contributed by atoms with E-state index in [0.717, 1.165) is 11.6 Å². The number of allylic oxidation sites excluding steroid dienone is 3. The smallest absolute Gasteiger partial charge is 0.399 e. The van der Waals surface area contributed by atoms with E-state index in [4.69, 9.17) is 9.47 Å². The number of rotatable bonds is 8. The molecule has 0 radical (unpaired) electrons. The minimum Gasteiger partial charge on any atom is -0.399 e. The van der Waals surface area contributed by atoms with Gasteiger partial charge in [0.15, 0.2) is 23.8 Å². The molecule has 0 spiro atoms. The van der Waals surface area contributed by atoms with Gasteiger partial charge >= 0.3 is 6.36 Å². The molecular weight excluding hydrogens is 560 g/mol. The van der Waals surface area contributed by atoms with Crippen LogP contribution in [0.15, 0.2) is 72.6 Å². The van der Waals surface area contributed by atoms with Crippen molar-refractivity contribution >= 4 is 5.83 Å². The molecule has 218 valence electrons. The Morgan fingerprint density at radius 2 is 1.49 bits per heavy atom. The third kappa shape index (κ3) is 7.53. The Kier molecular flexibility index (Phi) is 9.49. The lowest BCUT2D eigenvalue weighted by molar-refractivity contribution is -0.276. The molecule has 3 nitrogen and oxygen atoms in total. The molecule has 0 atom stereocenters. The van der Waals surface area contributed by atoms with Gasteiger partial charge in [0.2, 0.25) is 5.75 Å². The molecule has 0 unspecified atom stereocenters. The normalized spacial score (nSPS) is 18.5. The molecule has 1 aliphatic heterocycles. The SMILES string of the molecule is C/C=C/CC/C(F)=C(\F)c1ccc(C2COC(c3ccc(-c4cc(F)c(OC(F)(F)F)c(F)c4)c(F)c3)OC2)cc1. The Bertz CT molecular complexity index is 1400. The maximum atomic E-state index is 14.9. The van der Waals surface area contributed by atoms with Gasteiger partial charge in [-0.05, 0) is 42.7 Å². The molecular formula is C30H24F8O3. The van der Waals surface area contributed by atoms with Gasteiger partial charge in [-0.2, -0.15) is 0 Å². The predicted molar refractivity (Wildman–Crippen MR) is 135 cm³/mol. The molecule has 4 rings (SSSR count). The summed E-state index contributed by atoms with van der Waals surface area (Å²) in [6, 6.07) is 10.9. The van der Waals surface area contributed by atoms with Crippen molar-refractivity contribution in [2.24, 2.45) is 0 Å². The van der Waals surface area contributed by atoms with E-state index in [1.807, 2.05) is 0 Å². The first-order valence-electron chi connectivity index (χ1n) is 12.5. The number of hydrogen-bond donors (Lipinski definition) is 0. The van der Waals surface area contributed by atoms with Crippen molar-refractivity contribution in [3.8, 4) is 16.9 Å². The highest BCUT2D eigenvalue weighted by molar-refractivity contribution is 5.66. The van der Waals surface area contributed by atoms with Crippen LogP contribution in [-0.4, -0.2) is 19.6 Å². The average molecular weight is 585 g/mol. The minimum atomic E-state index is -5.31. The van der Waals surface area contributed by atoms with Gasteiger partial charge in [0, 0.05) is 29.0 Å². The quantitative estimate of drug-likeness (QED) is 0.195. The molecule has 41 heavy (non-hydrogen) atoms. The highest BCUT2D eigenvalue weighted by atomic mass is 19.4. The van der Waals surface area contributed by atoms with E-state index < -0.39 is 47.5 Å². The number of halogens is 8. The number of hydrogen-bond acceptors (Lipinski definition) is 3. The van der Waals surface area contributed by atoms with Crippen LogP contribution < -0.4 is 4.74 Å². The predicted octanol–water partition coefficient (Wildman–Crippen LogP) is 9.46. The summed E-state index contributed by atoms with van der Waals surface area (Å²) in [5.41, 5.74) is 0.534. The second-order valence-corrected chi connectivity index (χ2v) is 9.20. The first kappa shape index (κ1) is 30.3. The first-order valence-corrected chi connectivity index (χ1v) is 12.5. The zero-order valence-electron chi connectivity index (χ0n) is 21.6. The Morgan fingerprint density at radius 1 is 0.878 bits per heavy atom. The first-order chi connectivity index (χ1) is 19.5. The van der Waals surface area contributed by atoms with Crippen molar-refractivity contribution in [1.29, 1.82) is 0 Å². The zero-order valence-corrected chi connectivity index (χ0v) is 21.6. The van der Waals surface area contributed by atoms with Crippen LogP contribution in [0.2, 0.25) is 0 Å². The average Bonchev–Trinajstić information content (AvgIpc) is 2.94. The van der Waals surface area contributed by atoms with Gasteiger partial charge in [-0.3, -0.25) is 0 Å². The fraction of sp³-hybridized carbons (Fsp3) is 0.267. The van der Waals surface area contributed by atoms with E-state index in [1.54, 1.807) is 31.2 Å². The number of ether oxygens (including phenoxy) is 3. The summed E-state index contributed by atoms with van der Waals surface area (Å²) in [7, 11) is 0. The van der Waals surface area contributed by atoms with Crippen LogP contribution in [0, 0.1) is 17.5 Å². The van der Waals surface area contributed by atoms with E-state index >= 15 is 0 Å². The summed E-state index contributed by atoms with van der Waals surface area (Å²) in [6.45, 7) is 2.13. The van der Waals surface area contributed by atoms with Crippen LogP contribution in [0.1, 0.15) is 48.7 Å². The lowest BCUT2D eigenvalue weighted by Crippen LogP contribution is -2.25. The summed E-state index contributed by atoms with van der Waals surface area (Å²) >= 11 is 0. The van der Waals surface area contributed by atoms with Crippen molar-refractivity contribution in [3.05, 3.63) is 107 Å². The Morgan fingerprint density at radius 3 is 2.05 bits per heavy atom. The third-order valence-electron chi connectivity index (χ3n) is 6.33. The highest BCUT2D eigenvalue weighted by Gasteiger charge is 2.34. The van der Waals surface area contributed by atoms with E-state index in [9.17, 15) is 35.1 Å². The number of alkyl halides is 3. The fourth-order valence-electron chi connectivity index (χ4n) is 4.27. The lowest BCUT2D eigenvalue weighted by Gasteiger charge is -2.30. The monoisotopic (exact) mass is 584 g/mol. The van der Waals surface area contributed by atoms with E-state index in [0.29, 0.717) is 18.6 Å². The number of benzene rings is 3. The zero-order chi connectivity index (χ0) is 29.7. The van der Waals surface area contributed by atoms with Gasteiger partial charge < -0.3 is 14.2 Å². The molecule has 11 heteroatoms. The summed E-state index contributed by atoms with van der Waals surface area (Å²) < 4.78 is 123. The van der Waals surface area contributed by atoms with Gasteiger partial charge in [-0.1, -0.05) is 48.6 Å². The molecule has 1 saturated heterocycles. The lowest BCUT2D eigenvalue weighted by atomic mass is 9.98. The molecule has 0 saturated carbocycles. The summed E-state index contributed by atoms with van der Waals surface area (Å²) in [5.74, 6) is -7.83. The van der Waals surface area contributed by atoms with Gasteiger partial charge in [-0.25, -0.2) is 22.0 Å². The van der Waals surface area contributed by atoms with Gasteiger partial charge in [-0.15, -0.1) is 13.2 Å². The summed E-state index contributed by atoms with van der Waals surface area (Å²) in [5, 5.41) is 0. The van der Waals surface area contributed by atoms with Gasteiger partial charge in [0.25, 0.3) is 0 Å². The van der Waals surface area contributed by atoms with Crippen LogP contribution >= 0.6 is 0 Å². The van der Waals surface area contributed by atoms with Crippen molar-refractivity contribution in [1.82, 2.24) is 0 Å². The fourth-order valence-corrected chi connectivity index (χ4v) is 4.27. The summed E-state index contributed by atoms with van der Waals surface area (Å²) in [4.78, 5) is 0. The molecule has 0 N–H and O–H groups in total. The van der Waals surface area contributed by atoms with Crippen LogP contribution in [0.3, 0.4) is 0 Å². The minimum absolute atomic E-state index is 0.0395. The molecule has 1 fully saturated rings. The Labute approximate surface area is 230 Å².